The van der Waals surface area contributed by atoms with E-state index in [4.69, 9.17) is 0 Å². The van der Waals surface area contributed by atoms with Crippen LogP contribution in [-0.4, -0.2) is 14.5 Å². The van der Waals surface area contributed by atoms with Crippen molar-refractivity contribution < 1.29 is 4.39 Å². The van der Waals surface area contributed by atoms with Crippen LogP contribution in [0.1, 0.15) is 18.5 Å². The lowest BCUT2D eigenvalue weighted by Gasteiger charge is -2.16. The summed E-state index contributed by atoms with van der Waals surface area (Å²) in [7, 11) is 0. The van der Waals surface area contributed by atoms with Crippen LogP contribution >= 0.6 is 0 Å². The maximum absolute atomic E-state index is 13.2. The number of nitrogens with zero attached hydrogens (tertiary/aromatic N) is 3. The van der Waals surface area contributed by atoms with E-state index in [0.29, 0.717) is 0 Å². The topological polar surface area (TPSA) is 42.7 Å². The van der Waals surface area contributed by atoms with Gasteiger partial charge >= 0.3 is 0 Å². The van der Waals surface area contributed by atoms with E-state index in [1.807, 2.05) is 42.0 Å². The molecular weight excluding hydrogens is 267 g/mol. The third-order valence-corrected chi connectivity index (χ3v) is 3.26. The van der Waals surface area contributed by atoms with Gasteiger partial charge in [-0.15, -0.1) is 0 Å². The van der Waals surface area contributed by atoms with Crippen LogP contribution in [-0.2, 0) is 0 Å². The highest BCUT2D eigenvalue weighted by atomic mass is 19.1. The van der Waals surface area contributed by atoms with Gasteiger partial charge in [0.15, 0.2) is 0 Å². The van der Waals surface area contributed by atoms with Crippen LogP contribution in [0.25, 0.3) is 5.69 Å². The van der Waals surface area contributed by atoms with E-state index in [-0.39, 0.29) is 11.9 Å². The summed E-state index contributed by atoms with van der Waals surface area (Å²) in [6.45, 7) is 1.97. The monoisotopic (exact) mass is 282 g/mol. The number of imidazole rings is 1. The Balaban J connectivity index is 1.80. The SMILES string of the molecule is CC(Nc1cccc(-n2ccnc2)c1)c1cncc(F)c1. The van der Waals surface area contributed by atoms with E-state index in [9.17, 15) is 4.39 Å². The molecule has 1 aromatic carbocycles. The molecule has 0 radical (unpaired) electrons. The van der Waals surface area contributed by atoms with Crippen molar-refractivity contribution in [2.24, 2.45) is 0 Å². The number of hydrogen-bond donors (Lipinski definition) is 1. The molecule has 4 nitrogen and oxygen atoms in total. The van der Waals surface area contributed by atoms with Crippen LogP contribution in [0.15, 0.2) is 61.4 Å². The summed E-state index contributed by atoms with van der Waals surface area (Å²) in [5.41, 5.74) is 2.78. The van der Waals surface area contributed by atoms with Gasteiger partial charge in [-0.3, -0.25) is 4.98 Å². The zero-order valence-corrected chi connectivity index (χ0v) is 11.6. The van der Waals surface area contributed by atoms with Crippen LogP contribution in [0, 0.1) is 5.82 Å². The molecule has 0 amide bonds. The Morgan fingerprint density at radius 3 is 2.86 bits per heavy atom. The lowest BCUT2D eigenvalue weighted by atomic mass is 10.1. The van der Waals surface area contributed by atoms with Gasteiger partial charge in [-0.25, -0.2) is 9.37 Å². The molecule has 0 aliphatic carbocycles. The summed E-state index contributed by atoms with van der Waals surface area (Å²) in [6, 6.07) is 9.42. The summed E-state index contributed by atoms with van der Waals surface area (Å²) in [6.07, 6.45) is 8.25. The highest BCUT2D eigenvalue weighted by Gasteiger charge is 2.07. The Labute approximate surface area is 122 Å². The van der Waals surface area contributed by atoms with Crippen LogP contribution in [0.3, 0.4) is 0 Å². The van der Waals surface area contributed by atoms with Crippen LogP contribution in [0.4, 0.5) is 10.1 Å². The molecule has 2 aromatic heterocycles. The van der Waals surface area contributed by atoms with Crippen molar-refractivity contribution in [2.45, 2.75) is 13.0 Å². The number of rotatable bonds is 4. The Morgan fingerprint density at radius 1 is 1.19 bits per heavy atom. The third-order valence-electron chi connectivity index (χ3n) is 3.26. The van der Waals surface area contributed by atoms with Crippen molar-refractivity contribution in [3.8, 4) is 5.69 Å². The first-order chi connectivity index (χ1) is 10.2. The van der Waals surface area contributed by atoms with Crippen LogP contribution < -0.4 is 5.32 Å². The number of nitrogens with one attached hydrogen (secondary N) is 1. The summed E-state index contributed by atoms with van der Waals surface area (Å²) in [4.78, 5) is 7.92. The molecule has 0 saturated carbocycles. The van der Waals surface area contributed by atoms with E-state index in [1.165, 1.54) is 12.3 Å². The van der Waals surface area contributed by atoms with Crippen molar-refractivity contribution in [2.75, 3.05) is 5.32 Å². The Kier molecular flexibility index (Phi) is 3.64. The van der Waals surface area contributed by atoms with Gasteiger partial charge < -0.3 is 9.88 Å². The predicted octanol–water partition coefficient (Wildman–Crippen LogP) is 3.58. The average molecular weight is 282 g/mol. The Morgan fingerprint density at radius 2 is 2.10 bits per heavy atom. The van der Waals surface area contributed by atoms with E-state index in [0.717, 1.165) is 16.9 Å². The minimum atomic E-state index is -0.326. The molecule has 0 aliphatic rings. The summed E-state index contributed by atoms with van der Waals surface area (Å²) in [5.74, 6) is -0.326. The van der Waals surface area contributed by atoms with Crippen molar-refractivity contribution in [1.82, 2.24) is 14.5 Å². The molecule has 0 aliphatic heterocycles. The average Bonchev–Trinajstić information content (AvgIpc) is 3.02. The molecule has 0 bridgehead atoms. The minimum Gasteiger partial charge on any atom is -0.378 e. The first kappa shape index (κ1) is 13.3. The first-order valence-electron chi connectivity index (χ1n) is 6.68. The molecule has 0 spiro atoms. The molecule has 1 unspecified atom stereocenters. The zero-order valence-electron chi connectivity index (χ0n) is 11.6. The molecule has 0 saturated heterocycles. The fourth-order valence-electron chi connectivity index (χ4n) is 2.17. The maximum Gasteiger partial charge on any atom is 0.141 e. The number of halogens is 1. The van der Waals surface area contributed by atoms with Gasteiger partial charge in [0.1, 0.15) is 5.82 Å². The number of anilines is 1. The fourth-order valence-corrected chi connectivity index (χ4v) is 2.17. The number of benzene rings is 1. The molecule has 5 heteroatoms. The van der Waals surface area contributed by atoms with Crippen molar-refractivity contribution >= 4 is 5.69 Å². The molecule has 0 fully saturated rings. The Bertz CT molecular complexity index is 725. The van der Waals surface area contributed by atoms with Gasteiger partial charge in [-0.2, -0.15) is 0 Å². The van der Waals surface area contributed by atoms with E-state index >= 15 is 0 Å². The van der Waals surface area contributed by atoms with Crippen LogP contribution in [0.2, 0.25) is 0 Å². The van der Waals surface area contributed by atoms with Gasteiger partial charge in [-0.05, 0) is 36.8 Å². The molecule has 3 aromatic rings. The molecule has 1 atom stereocenters. The van der Waals surface area contributed by atoms with Gasteiger partial charge in [0.25, 0.3) is 0 Å². The molecule has 106 valence electrons. The van der Waals surface area contributed by atoms with Crippen LogP contribution in [0.5, 0.6) is 0 Å². The lowest BCUT2D eigenvalue weighted by molar-refractivity contribution is 0.616. The highest BCUT2D eigenvalue weighted by Crippen LogP contribution is 2.21. The van der Waals surface area contributed by atoms with Gasteiger partial charge in [0.05, 0.1) is 18.6 Å². The van der Waals surface area contributed by atoms with E-state index in [2.05, 4.69) is 15.3 Å². The molecule has 3 rings (SSSR count). The van der Waals surface area contributed by atoms with Gasteiger partial charge in [0, 0.05) is 30.0 Å². The second-order valence-electron chi connectivity index (χ2n) is 4.82. The summed E-state index contributed by atoms with van der Waals surface area (Å²) in [5, 5.41) is 3.35. The number of pyridine rings is 1. The molecular formula is C16H15FN4. The van der Waals surface area contributed by atoms with Gasteiger partial charge in [-0.1, -0.05) is 6.07 Å². The quantitative estimate of drug-likeness (QED) is 0.795. The van der Waals surface area contributed by atoms with Crippen molar-refractivity contribution in [1.29, 1.82) is 0 Å². The van der Waals surface area contributed by atoms with E-state index < -0.39 is 0 Å². The fraction of sp³-hybridized carbons (Fsp3) is 0.125. The first-order valence-corrected chi connectivity index (χ1v) is 6.68. The molecule has 1 N–H and O–H groups in total. The minimum absolute atomic E-state index is 0.0359. The highest BCUT2D eigenvalue weighted by molar-refractivity contribution is 5.52. The molecule has 21 heavy (non-hydrogen) atoms. The molecule has 2 heterocycles. The standard InChI is InChI=1S/C16H15FN4/c1-12(13-7-14(17)10-19-9-13)20-15-3-2-4-16(8-15)21-6-5-18-11-21/h2-12,20H,1H3. The number of hydrogen-bond acceptors (Lipinski definition) is 3. The summed E-state index contributed by atoms with van der Waals surface area (Å²) < 4.78 is 15.1. The van der Waals surface area contributed by atoms with Gasteiger partial charge in [0.2, 0.25) is 0 Å². The second-order valence-corrected chi connectivity index (χ2v) is 4.82. The Hall–Kier alpha value is -2.69. The predicted molar refractivity (Wildman–Crippen MR) is 79.8 cm³/mol. The summed E-state index contributed by atoms with van der Waals surface area (Å²) >= 11 is 0. The normalized spacial score (nSPS) is 12.1. The largest absolute Gasteiger partial charge is 0.378 e. The van der Waals surface area contributed by atoms with Crippen molar-refractivity contribution in [3.63, 3.8) is 0 Å². The maximum atomic E-state index is 13.2. The zero-order chi connectivity index (χ0) is 14.7. The van der Waals surface area contributed by atoms with E-state index in [1.54, 1.807) is 18.7 Å². The van der Waals surface area contributed by atoms with Crippen molar-refractivity contribution in [3.05, 3.63) is 72.8 Å². The second kappa shape index (κ2) is 5.75. The third kappa shape index (κ3) is 3.08. The number of aromatic nitrogens is 3. The lowest BCUT2D eigenvalue weighted by Crippen LogP contribution is -2.07. The smallest absolute Gasteiger partial charge is 0.141 e.